The topological polar surface area (TPSA) is 91.2 Å². The second-order valence-corrected chi connectivity index (χ2v) is 12.7. The molecule has 6 rings (SSSR count). The predicted octanol–water partition coefficient (Wildman–Crippen LogP) is 5.10. The van der Waals surface area contributed by atoms with E-state index in [2.05, 4.69) is 5.32 Å². The Morgan fingerprint density at radius 1 is 1.18 bits per heavy atom. The van der Waals surface area contributed by atoms with E-state index in [0.717, 1.165) is 11.1 Å². The summed E-state index contributed by atoms with van der Waals surface area (Å²) in [5.74, 6) is -3.52. The van der Waals surface area contributed by atoms with Crippen LogP contribution in [0.5, 0.6) is 11.5 Å². The molecule has 2 unspecified atom stereocenters. The zero-order valence-corrected chi connectivity index (χ0v) is 24.0. The molecule has 1 saturated carbocycles. The third-order valence-corrected chi connectivity index (χ3v) is 8.20. The van der Waals surface area contributed by atoms with Crippen molar-refractivity contribution in [1.29, 1.82) is 0 Å². The summed E-state index contributed by atoms with van der Waals surface area (Å²) in [4.78, 5) is 13.5. The number of rotatable bonds is 7. The van der Waals surface area contributed by atoms with Gasteiger partial charge in [-0.2, -0.15) is 4.39 Å². The molecule has 0 bridgehead atoms. The third kappa shape index (κ3) is 4.75. The summed E-state index contributed by atoms with van der Waals surface area (Å²) in [5.41, 5.74) is 0.674. The number of benzene rings is 2. The first-order valence-electron chi connectivity index (χ1n) is 13.3. The number of hydrogen-bond acceptors (Lipinski definition) is 6. The SMILES string of the molecule is CC1(C)OC[C@@H](Cn2c(C(C)(C)CO)cc3cc(NC(=O)C4(c5ccc6c(c5)OC(F)(P)O6)CC4)c(F)cc32)O1. The van der Waals surface area contributed by atoms with Crippen molar-refractivity contribution >= 4 is 31.7 Å². The van der Waals surface area contributed by atoms with Crippen LogP contribution in [0.2, 0.25) is 0 Å². The van der Waals surface area contributed by atoms with Crippen molar-refractivity contribution < 1.29 is 37.6 Å². The summed E-state index contributed by atoms with van der Waals surface area (Å²) in [6, 6.07) is 9.82. The maximum absolute atomic E-state index is 15.5. The molecule has 3 aliphatic rings. The second kappa shape index (κ2) is 9.11. The molecular formula is C29H33F2N2O6P. The zero-order valence-electron chi connectivity index (χ0n) is 22.8. The molecule has 1 amide bonds. The van der Waals surface area contributed by atoms with Gasteiger partial charge in [-0.25, -0.2) is 4.39 Å². The molecule has 8 nitrogen and oxygen atoms in total. The molecule has 2 N–H and O–H groups in total. The number of aliphatic hydroxyl groups is 1. The molecule has 3 heterocycles. The van der Waals surface area contributed by atoms with Crippen molar-refractivity contribution in [3.05, 3.63) is 53.5 Å². The molecule has 40 heavy (non-hydrogen) atoms. The number of carbonyl (C=O) groups is 1. The summed E-state index contributed by atoms with van der Waals surface area (Å²) in [7, 11) is 1.85. The standard InChI is InChI=1S/C29H33F2N2O6P/c1-26(2,15-34)24-10-16-9-20(19(30)12-21(16)33(24)13-18-14-36-27(3,4)37-18)32-25(35)28(7-8-28)17-5-6-22-23(11-17)39-29(31,40)38-22/h5-6,9-12,18,34H,7-8,13-15,40H2,1-4H3,(H,32,35)/t18-,29?/m1/s1. The van der Waals surface area contributed by atoms with Crippen molar-refractivity contribution in [2.24, 2.45) is 0 Å². The van der Waals surface area contributed by atoms with Gasteiger partial charge in [0.05, 0.1) is 36.4 Å². The number of hydrogen-bond donors (Lipinski definition) is 2. The number of amides is 1. The maximum atomic E-state index is 15.5. The lowest BCUT2D eigenvalue weighted by molar-refractivity contribution is -0.139. The lowest BCUT2D eigenvalue weighted by atomic mass is 9.90. The highest BCUT2D eigenvalue weighted by Gasteiger charge is 2.52. The average Bonchev–Trinajstić information content (AvgIpc) is 3.39. The Labute approximate surface area is 233 Å². The molecule has 1 saturated heterocycles. The minimum absolute atomic E-state index is 0.0596. The van der Waals surface area contributed by atoms with Crippen LogP contribution in [0, 0.1) is 5.82 Å². The lowest BCUT2D eigenvalue weighted by Gasteiger charge is -2.26. The van der Waals surface area contributed by atoms with Crippen LogP contribution < -0.4 is 14.8 Å². The molecule has 0 radical (unpaired) electrons. The third-order valence-electron chi connectivity index (χ3n) is 7.96. The monoisotopic (exact) mass is 574 g/mol. The number of ether oxygens (including phenoxy) is 4. The van der Waals surface area contributed by atoms with Crippen LogP contribution >= 0.6 is 9.24 Å². The number of nitrogens with one attached hydrogen (secondary N) is 1. The Kier molecular flexibility index (Phi) is 6.24. The van der Waals surface area contributed by atoms with E-state index in [1.807, 2.05) is 47.6 Å². The zero-order chi connectivity index (χ0) is 28.7. The van der Waals surface area contributed by atoms with E-state index >= 15 is 4.39 Å². The fourth-order valence-corrected chi connectivity index (χ4v) is 5.83. The van der Waals surface area contributed by atoms with Crippen LogP contribution in [0.15, 0.2) is 36.4 Å². The van der Waals surface area contributed by atoms with Gasteiger partial charge in [-0.05, 0) is 65.8 Å². The highest BCUT2D eigenvalue weighted by Crippen LogP contribution is 2.53. The van der Waals surface area contributed by atoms with Gasteiger partial charge in [0, 0.05) is 22.6 Å². The number of aromatic nitrogens is 1. The number of anilines is 1. The van der Waals surface area contributed by atoms with E-state index < -0.39 is 28.2 Å². The van der Waals surface area contributed by atoms with E-state index in [0.29, 0.717) is 37.1 Å². The van der Waals surface area contributed by atoms with Crippen LogP contribution in [0.3, 0.4) is 0 Å². The molecule has 3 atom stereocenters. The van der Waals surface area contributed by atoms with E-state index in [9.17, 15) is 14.3 Å². The quantitative estimate of drug-likeness (QED) is 0.382. The van der Waals surface area contributed by atoms with Crippen molar-refractivity contribution in [2.75, 3.05) is 18.5 Å². The first-order valence-corrected chi connectivity index (χ1v) is 13.9. The number of carbonyl (C=O) groups excluding carboxylic acids is 1. The second-order valence-electron chi connectivity index (χ2n) is 12.0. The van der Waals surface area contributed by atoms with E-state index in [1.54, 1.807) is 24.3 Å². The molecule has 2 aromatic carbocycles. The van der Waals surface area contributed by atoms with Crippen molar-refractivity contribution in [3.8, 4) is 11.5 Å². The Bertz CT molecular complexity index is 1510. The van der Waals surface area contributed by atoms with Gasteiger partial charge in [-0.3, -0.25) is 4.79 Å². The Morgan fingerprint density at radius 2 is 1.90 bits per heavy atom. The summed E-state index contributed by atoms with van der Waals surface area (Å²) < 4.78 is 53.6. The number of fused-ring (bicyclic) bond motifs is 2. The van der Waals surface area contributed by atoms with Gasteiger partial charge in [0.25, 0.3) is 0 Å². The normalized spacial score (nSPS) is 24.4. The van der Waals surface area contributed by atoms with Gasteiger partial charge in [-0.15, -0.1) is 0 Å². The molecule has 0 spiro atoms. The van der Waals surface area contributed by atoms with Gasteiger partial charge in [0.2, 0.25) is 5.91 Å². The molecule has 3 aromatic rings. The maximum Gasteiger partial charge on any atom is 0.418 e. The molecular weight excluding hydrogens is 541 g/mol. The Hall–Kier alpha value is -2.78. The Balaban J connectivity index is 1.30. The minimum Gasteiger partial charge on any atom is -0.420 e. The van der Waals surface area contributed by atoms with Gasteiger partial charge in [0.15, 0.2) is 17.3 Å². The number of halogens is 2. The Morgan fingerprint density at radius 3 is 2.55 bits per heavy atom. The lowest BCUT2D eigenvalue weighted by Crippen LogP contribution is -2.30. The van der Waals surface area contributed by atoms with Crippen LogP contribution in [0.1, 0.15) is 51.8 Å². The minimum atomic E-state index is -2.34. The van der Waals surface area contributed by atoms with Crippen molar-refractivity contribution in [3.63, 3.8) is 0 Å². The van der Waals surface area contributed by atoms with Crippen LogP contribution in [0.25, 0.3) is 10.9 Å². The van der Waals surface area contributed by atoms with Gasteiger partial charge in [-0.1, -0.05) is 19.9 Å². The number of aliphatic hydroxyl groups excluding tert-OH is 1. The van der Waals surface area contributed by atoms with E-state index in [4.69, 9.17) is 18.9 Å². The number of alkyl halides is 1. The highest BCUT2D eigenvalue weighted by atomic mass is 31.0. The molecule has 11 heteroatoms. The van der Waals surface area contributed by atoms with Gasteiger partial charge >= 0.3 is 5.78 Å². The highest BCUT2D eigenvalue weighted by molar-refractivity contribution is 7.18. The predicted molar refractivity (Wildman–Crippen MR) is 148 cm³/mol. The van der Waals surface area contributed by atoms with E-state index in [-0.39, 0.29) is 35.8 Å². The molecule has 1 aliphatic carbocycles. The summed E-state index contributed by atoms with van der Waals surface area (Å²) in [5, 5.41) is 13.6. The van der Waals surface area contributed by atoms with Crippen LogP contribution in [-0.2, 0) is 31.6 Å². The largest absolute Gasteiger partial charge is 0.420 e. The van der Waals surface area contributed by atoms with Crippen molar-refractivity contribution in [1.82, 2.24) is 4.57 Å². The average molecular weight is 575 g/mol. The fraction of sp³-hybridized carbons (Fsp3) is 0.483. The molecule has 214 valence electrons. The van der Waals surface area contributed by atoms with Crippen molar-refractivity contribution in [2.45, 2.75) is 75.6 Å². The first kappa shape index (κ1) is 27.4. The molecule has 2 fully saturated rings. The molecule has 2 aliphatic heterocycles. The summed E-state index contributed by atoms with van der Waals surface area (Å²) in [6.07, 6.45) is 0.885. The van der Waals surface area contributed by atoms with Crippen LogP contribution in [-0.4, -0.2) is 46.5 Å². The van der Waals surface area contributed by atoms with Crippen LogP contribution in [0.4, 0.5) is 14.5 Å². The summed E-state index contributed by atoms with van der Waals surface area (Å²) >= 11 is 0. The van der Waals surface area contributed by atoms with Gasteiger partial charge < -0.3 is 33.9 Å². The first-order chi connectivity index (χ1) is 18.7. The summed E-state index contributed by atoms with van der Waals surface area (Å²) in [6.45, 7) is 8.23. The fourth-order valence-electron chi connectivity index (χ4n) is 5.58. The molecule has 1 aromatic heterocycles. The van der Waals surface area contributed by atoms with Gasteiger partial charge in [0.1, 0.15) is 11.9 Å². The smallest absolute Gasteiger partial charge is 0.418 e. The van der Waals surface area contributed by atoms with E-state index in [1.165, 1.54) is 6.07 Å². The number of nitrogens with zero attached hydrogens (tertiary/aromatic N) is 1.